The number of carbonyl (C=O) groups is 1. The molecule has 0 bridgehead atoms. The molecule has 1 saturated heterocycles. The number of benzene rings is 2. The molecule has 2 aromatic rings. The molecule has 0 aliphatic carbocycles. The van der Waals surface area contributed by atoms with E-state index in [1.165, 1.54) is 0 Å². The topological polar surface area (TPSA) is 44.8 Å². The second-order valence-electron chi connectivity index (χ2n) is 7.07. The van der Waals surface area contributed by atoms with Gasteiger partial charge in [0.1, 0.15) is 12.4 Å². The smallest absolute Gasteiger partial charge is 0.241 e. The summed E-state index contributed by atoms with van der Waals surface area (Å²) in [5.41, 5.74) is 2.01. The minimum atomic E-state index is -0.131. The molecule has 0 spiro atoms. The zero-order valence-electron chi connectivity index (χ0n) is 16.2. The summed E-state index contributed by atoms with van der Waals surface area (Å²) in [5.74, 6) is 0.971. The Morgan fingerprint density at radius 2 is 1.81 bits per heavy atom. The van der Waals surface area contributed by atoms with Gasteiger partial charge in [-0.3, -0.25) is 14.6 Å². The van der Waals surface area contributed by atoms with Crippen molar-refractivity contribution >= 4 is 11.6 Å². The number of aryl methyl sites for hydroxylation is 1. The highest BCUT2D eigenvalue weighted by molar-refractivity contribution is 5.94. The van der Waals surface area contributed by atoms with Crippen LogP contribution in [0.3, 0.4) is 0 Å². The minimum absolute atomic E-state index is 0.0569. The lowest BCUT2D eigenvalue weighted by molar-refractivity contribution is -0.121. The van der Waals surface area contributed by atoms with E-state index in [4.69, 9.17) is 4.74 Å². The van der Waals surface area contributed by atoms with Crippen LogP contribution in [0, 0.1) is 6.92 Å². The van der Waals surface area contributed by atoms with Gasteiger partial charge in [-0.15, -0.1) is 0 Å². The van der Waals surface area contributed by atoms with Crippen LogP contribution >= 0.6 is 0 Å². The van der Waals surface area contributed by atoms with Crippen molar-refractivity contribution in [2.75, 3.05) is 44.6 Å². The zero-order chi connectivity index (χ0) is 19.1. The molecule has 1 aliphatic rings. The summed E-state index contributed by atoms with van der Waals surface area (Å²) < 4.78 is 5.78. The Morgan fingerprint density at radius 3 is 2.52 bits per heavy atom. The van der Waals surface area contributed by atoms with Crippen molar-refractivity contribution in [3.63, 3.8) is 0 Å². The number of nitrogens with one attached hydrogen (secondary N) is 1. The Morgan fingerprint density at radius 1 is 1.07 bits per heavy atom. The van der Waals surface area contributed by atoms with Crippen molar-refractivity contribution < 1.29 is 9.53 Å². The predicted molar refractivity (Wildman–Crippen MR) is 109 cm³/mol. The molecule has 2 aromatic carbocycles. The number of hydrogen-bond donors (Lipinski definition) is 1. The molecule has 0 aromatic heterocycles. The Bertz CT molecular complexity index is 727. The fraction of sp³-hybridized carbons (Fsp3) is 0.409. The van der Waals surface area contributed by atoms with E-state index < -0.39 is 0 Å². The van der Waals surface area contributed by atoms with E-state index in [0.29, 0.717) is 6.61 Å². The van der Waals surface area contributed by atoms with Gasteiger partial charge in [0.05, 0.1) is 6.04 Å². The molecule has 1 fully saturated rings. The molecule has 1 atom stereocenters. The molecule has 1 aliphatic heterocycles. The number of amides is 1. The molecule has 144 valence electrons. The molecule has 5 heteroatoms. The second kappa shape index (κ2) is 9.53. The summed E-state index contributed by atoms with van der Waals surface area (Å²) in [4.78, 5) is 17.2. The first-order chi connectivity index (χ1) is 13.1. The van der Waals surface area contributed by atoms with E-state index in [1.807, 2.05) is 68.4 Å². The zero-order valence-corrected chi connectivity index (χ0v) is 16.2. The van der Waals surface area contributed by atoms with Crippen LogP contribution in [0.25, 0.3) is 0 Å². The standard InChI is InChI=1S/C22H29N3O2/c1-18-7-6-8-20(17-18)23-22(26)19(2)25-13-11-24(12-14-25)15-16-27-21-9-4-3-5-10-21/h3-10,17,19H,11-16H2,1-2H3,(H,23,26). The first-order valence-electron chi connectivity index (χ1n) is 9.63. The number of hydrogen-bond acceptors (Lipinski definition) is 4. The average Bonchev–Trinajstić information content (AvgIpc) is 2.69. The maximum atomic E-state index is 12.5. The lowest BCUT2D eigenvalue weighted by Crippen LogP contribution is -2.53. The van der Waals surface area contributed by atoms with Gasteiger partial charge in [0.2, 0.25) is 5.91 Å². The van der Waals surface area contributed by atoms with Crippen molar-refractivity contribution in [1.82, 2.24) is 9.80 Å². The van der Waals surface area contributed by atoms with Gasteiger partial charge in [-0.05, 0) is 43.7 Å². The van der Waals surface area contributed by atoms with Crippen molar-refractivity contribution in [2.24, 2.45) is 0 Å². The number of carbonyl (C=O) groups excluding carboxylic acids is 1. The number of ether oxygens (including phenoxy) is 1. The van der Waals surface area contributed by atoms with Gasteiger partial charge in [-0.25, -0.2) is 0 Å². The highest BCUT2D eigenvalue weighted by atomic mass is 16.5. The summed E-state index contributed by atoms with van der Waals surface area (Å²) in [7, 11) is 0. The fourth-order valence-electron chi connectivity index (χ4n) is 3.32. The van der Waals surface area contributed by atoms with E-state index >= 15 is 0 Å². The van der Waals surface area contributed by atoms with Crippen LogP contribution in [0.5, 0.6) is 5.75 Å². The van der Waals surface area contributed by atoms with Crippen molar-refractivity contribution in [3.8, 4) is 5.75 Å². The molecule has 1 N–H and O–H groups in total. The van der Waals surface area contributed by atoms with Crippen molar-refractivity contribution in [2.45, 2.75) is 19.9 Å². The summed E-state index contributed by atoms with van der Waals surface area (Å²) in [6, 6.07) is 17.7. The van der Waals surface area contributed by atoms with Crippen LogP contribution in [0.15, 0.2) is 54.6 Å². The van der Waals surface area contributed by atoms with Crippen LogP contribution in [0.2, 0.25) is 0 Å². The third-order valence-electron chi connectivity index (χ3n) is 5.04. The Labute approximate surface area is 161 Å². The number of para-hydroxylation sites is 1. The molecular weight excluding hydrogens is 338 g/mol. The summed E-state index contributed by atoms with van der Waals surface area (Å²) >= 11 is 0. The van der Waals surface area contributed by atoms with Crippen LogP contribution < -0.4 is 10.1 Å². The normalized spacial score (nSPS) is 16.7. The highest BCUT2D eigenvalue weighted by Crippen LogP contribution is 2.13. The first-order valence-corrected chi connectivity index (χ1v) is 9.63. The molecule has 1 unspecified atom stereocenters. The van der Waals surface area contributed by atoms with E-state index in [2.05, 4.69) is 15.1 Å². The van der Waals surface area contributed by atoms with Gasteiger partial charge in [0.15, 0.2) is 0 Å². The molecule has 5 nitrogen and oxygen atoms in total. The molecule has 1 heterocycles. The van der Waals surface area contributed by atoms with Crippen molar-refractivity contribution in [3.05, 3.63) is 60.2 Å². The van der Waals surface area contributed by atoms with Gasteiger partial charge in [-0.2, -0.15) is 0 Å². The van der Waals surface area contributed by atoms with Crippen LogP contribution in [0.1, 0.15) is 12.5 Å². The van der Waals surface area contributed by atoms with Gasteiger partial charge < -0.3 is 10.1 Å². The van der Waals surface area contributed by atoms with E-state index in [0.717, 1.165) is 49.7 Å². The van der Waals surface area contributed by atoms with Crippen LogP contribution in [-0.4, -0.2) is 61.1 Å². The minimum Gasteiger partial charge on any atom is -0.492 e. The Balaban J connectivity index is 1.39. The largest absolute Gasteiger partial charge is 0.492 e. The predicted octanol–water partition coefficient (Wildman–Crippen LogP) is 3.02. The van der Waals surface area contributed by atoms with Gasteiger partial charge in [-0.1, -0.05) is 30.3 Å². The molecule has 3 rings (SSSR count). The lowest BCUT2D eigenvalue weighted by atomic mass is 10.2. The second-order valence-corrected chi connectivity index (χ2v) is 7.07. The number of rotatable bonds is 7. The molecule has 1 amide bonds. The molecule has 27 heavy (non-hydrogen) atoms. The summed E-state index contributed by atoms with van der Waals surface area (Å²) in [6.07, 6.45) is 0. The maximum Gasteiger partial charge on any atom is 0.241 e. The number of nitrogens with zero attached hydrogens (tertiary/aromatic N) is 2. The Kier molecular flexibility index (Phi) is 6.85. The summed E-state index contributed by atoms with van der Waals surface area (Å²) in [6.45, 7) is 9.32. The SMILES string of the molecule is Cc1cccc(NC(=O)C(C)N2CCN(CCOc3ccccc3)CC2)c1. The maximum absolute atomic E-state index is 12.5. The quantitative estimate of drug-likeness (QED) is 0.817. The van der Waals surface area contributed by atoms with Crippen LogP contribution in [-0.2, 0) is 4.79 Å². The lowest BCUT2D eigenvalue weighted by Gasteiger charge is -2.37. The average molecular weight is 367 g/mol. The van der Waals surface area contributed by atoms with E-state index in [1.54, 1.807) is 0 Å². The van der Waals surface area contributed by atoms with Crippen LogP contribution in [0.4, 0.5) is 5.69 Å². The van der Waals surface area contributed by atoms with Gasteiger partial charge in [0.25, 0.3) is 0 Å². The fourth-order valence-corrected chi connectivity index (χ4v) is 3.32. The molecule has 0 radical (unpaired) electrons. The van der Waals surface area contributed by atoms with E-state index in [9.17, 15) is 4.79 Å². The number of anilines is 1. The Hall–Kier alpha value is -2.37. The van der Waals surface area contributed by atoms with Gasteiger partial charge in [0, 0.05) is 38.4 Å². The third-order valence-corrected chi connectivity index (χ3v) is 5.04. The van der Waals surface area contributed by atoms with Crippen molar-refractivity contribution in [1.29, 1.82) is 0 Å². The highest BCUT2D eigenvalue weighted by Gasteiger charge is 2.25. The third kappa shape index (κ3) is 5.81. The van der Waals surface area contributed by atoms with E-state index in [-0.39, 0.29) is 11.9 Å². The number of piperazine rings is 1. The van der Waals surface area contributed by atoms with Gasteiger partial charge >= 0.3 is 0 Å². The first kappa shape index (κ1) is 19.4. The monoisotopic (exact) mass is 367 g/mol. The molecule has 0 saturated carbocycles. The molecular formula is C22H29N3O2. The summed E-state index contributed by atoms with van der Waals surface area (Å²) in [5, 5.41) is 3.03.